The molecule has 3 rings (SSSR count). The Balaban J connectivity index is 2.19. The van der Waals surface area contributed by atoms with Gasteiger partial charge >= 0.3 is 0 Å². The maximum Gasteiger partial charge on any atom is 0.271 e. The van der Waals surface area contributed by atoms with Gasteiger partial charge in [-0.05, 0) is 45.7 Å². The molecule has 1 aromatic heterocycles. The van der Waals surface area contributed by atoms with E-state index in [2.05, 4.69) is 22.8 Å². The van der Waals surface area contributed by atoms with Crippen molar-refractivity contribution in [3.8, 4) is 29.2 Å². The van der Waals surface area contributed by atoms with E-state index < -0.39 is 0 Å². The van der Waals surface area contributed by atoms with Gasteiger partial charge in [0.1, 0.15) is 5.56 Å². The van der Waals surface area contributed by atoms with Crippen LogP contribution in [0.1, 0.15) is 44.7 Å². The minimum atomic E-state index is -0.241. The highest BCUT2D eigenvalue weighted by atomic mass is 16.1. The molecule has 0 unspecified atom stereocenters. The molecule has 1 aliphatic heterocycles. The average molecular weight is 390 g/mol. The highest BCUT2D eigenvalue weighted by Crippen LogP contribution is 2.24. The predicted molar refractivity (Wildman–Crippen MR) is 115 cm³/mol. The molecule has 2 heterocycles. The zero-order valence-corrected chi connectivity index (χ0v) is 17.5. The zero-order chi connectivity index (χ0) is 21.2. The van der Waals surface area contributed by atoms with Gasteiger partial charge in [0.2, 0.25) is 5.95 Å². The van der Waals surface area contributed by atoms with Crippen molar-refractivity contribution in [2.45, 2.75) is 39.7 Å². The fourth-order valence-electron chi connectivity index (χ4n) is 3.25. The van der Waals surface area contributed by atoms with Crippen molar-refractivity contribution < 1.29 is 0 Å². The second-order valence-electron chi connectivity index (χ2n) is 8.51. The van der Waals surface area contributed by atoms with Crippen LogP contribution >= 0.6 is 0 Å². The number of nitriles is 1. The molecule has 150 valence electrons. The fraction of sp³-hybridized carbons (Fsp3) is 0.435. The number of piperidine rings is 1. The van der Waals surface area contributed by atoms with E-state index in [1.54, 1.807) is 23.7 Å². The van der Waals surface area contributed by atoms with Gasteiger partial charge in [-0.2, -0.15) is 5.26 Å². The summed E-state index contributed by atoms with van der Waals surface area (Å²) in [6.45, 7) is 7.54. The molecule has 1 aliphatic rings. The van der Waals surface area contributed by atoms with Crippen molar-refractivity contribution in [3.63, 3.8) is 0 Å². The molecule has 1 aromatic carbocycles. The normalized spacial score (nSPS) is 14.8. The van der Waals surface area contributed by atoms with Crippen molar-refractivity contribution in [1.29, 1.82) is 5.26 Å². The molecule has 0 amide bonds. The molecule has 2 N–H and O–H groups in total. The van der Waals surface area contributed by atoms with Crippen LogP contribution in [0, 0.1) is 28.6 Å². The molecule has 0 radical (unpaired) electrons. The van der Waals surface area contributed by atoms with Crippen LogP contribution in [0.25, 0.3) is 11.3 Å². The second kappa shape index (κ2) is 8.11. The number of aromatic nitrogens is 2. The average Bonchev–Trinajstić information content (AvgIpc) is 2.69. The van der Waals surface area contributed by atoms with Gasteiger partial charge in [0.05, 0.1) is 17.3 Å². The largest absolute Gasteiger partial charge is 0.342 e. The predicted octanol–water partition coefficient (Wildman–Crippen LogP) is 2.64. The van der Waals surface area contributed by atoms with E-state index in [1.807, 2.05) is 32.9 Å². The maximum atomic E-state index is 13.2. The number of rotatable bonds is 2. The van der Waals surface area contributed by atoms with E-state index in [-0.39, 0.29) is 17.0 Å². The first-order valence-electron chi connectivity index (χ1n) is 9.85. The van der Waals surface area contributed by atoms with Crippen LogP contribution in [-0.2, 0) is 7.05 Å². The monoisotopic (exact) mass is 389 g/mol. The van der Waals surface area contributed by atoms with E-state index in [4.69, 9.17) is 16.0 Å². The Morgan fingerprint density at radius 2 is 1.79 bits per heavy atom. The summed E-state index contributed by atoms with van der Waals surface area (Å²) in [7, 11) is 1.74. The lowest BCUT2D eigenvalue weighted by Gasteiger charge is -2.32. The SMILES string of the molecule is Cn1c(N2CCC(N)CC2)nc(-c2ccc(C#N)cc2)c(C#CC(C)(C)C)c1=O. The minimum absolute atomic E-state index is 0.166. The minimum Gasteiger partial charge on any atom is -0.342 e. The third-order valence-corrected chi connectivity index (χ3v) is 4.94. The Labute approximate surface area is 172 Å². The van der Waals surface area contributed by atoms with Gasteiger partial charge in [-0.25, -0.2) is 4.98 Å². The van der Waals surface area contributed by atoms with Gasteiger partial charge in [-0.3, -0.25) is 9.36 Å². The molecule has 2 aromatic rings. The topological polar surface area (TPSA) is 87.9 Å². The van der Waals surface area contributed by atoms with Gasteiger partial charge in [0.25, 0.3) is 5.56 Å². The molecule has 0 atom stereocenters. The molecule has 0 bridgehead atoms. The van der Waals surface area contributed by atoms with Crippen molar-refractivity contribution in [3.05, 3.63) is 45.7 Å². The lowest BCUT2D eigenvalue weighted by molar-refractivity contribution is 0.490. The van der Waals surface area contributed by atoms with Crippen LogP contribution in [0.5, 0.6) is 0 Å². The Morgan fingerprint density at radius 3 is 2.34 bits per heavy atom. The van der Waals surface area contributed by atoms with Crippen LogP contribution in [0.3, 0.4) is 0 Å². The summed E-state index contributed by atoms with van der Waals surface area (Å²) >= 11 is 0. The van der Waals surface area contributed by atoms with Crippen LogP contribution in [0.4, 0.5) is 5.95 Å². The number of nitrogens with zero attached hydrogens (tertiary/aromatic N) is 4. The molecule has 29 heavy (non-hydrogen) atoms. The molecular formula is C23H27N5O. The van der Waals surface area contributed by atoms with Crippen LogP contribution in [0.15, 0.2) is 29.1 Å². The molecule has 1 fully saturated rings. The van der Waals surface area contributed by atoms with E-state index in [9.17, 15) is 4.79 Å². The second-order valence-corrected chi connectivity index (χ2v) is 8.51. The van der Waals surface area contributed by atoms with Crippen LogP contribution < -0.4 is 16.2 Å². The Morgan fingerprint density at radius 1 is 1.17 bits per heavy atom. The summed E-state index contributed by atoms with van der Waals surface area (Å²) < 4.78 is 1.58. The van der Waals surface area contributed by atoms with Gasteiger partial charge in [0, 0.05) is 37.2 Å². The number of benzene rings is 1. The summed E-state index contributed by atoms with van der Waals surface area (Å²) in [4.78, 5) is 20.2. The number of hydrogen-bond acceptors (Lipinski definition) is 5. The number of anilines is 1. The molecule has 6 heteroatoms. The summed E-state index contributed by atoms with van der Waals surface area (Å²) in [5.41, 5.74) is 7.90. The summed E-state index contributed by atoms with van der Waals surface area (Å²) in [6.07, 6.45) is 1.74. The third-order valence-electron chi connectivity index (χ3n) is 4.94. The van der Waals surface area contributed by atoms with E-state index in [0.29, 0.717) is 22.8 Å². The van der Waals surface area contributed by atoms with E-state index in [1.165, 1.54) is 0 Å². The van der Waals surface area contributed by atoms with Crippen molar-refractivity contribution in [2.24, 2.45) is 18.2 Å². The first-order chi connectivity index (χ1) is 13.7. The number of nitrogens with two attached hydrogens (primary N) is 1. The lowest BCUT2D eigenvalue weighted by atomic mass is 9.97. The van der Waals surface area contributed by atoms with Crippen LogP contribution in [-0.4, -0.2) is 28.7 Å². The van der Waals surface area contributed by atoms with Crippen LogP contribution in [0.2, 0.25) is 0 Å². The number of hydrogen-bond donors (Lipinski definition) is 1. The van der Waals surface area contributed by atoms with Gasteiger partial charge in [-0.15, -0.1) is 0 Å². The Hall–Kier alpha value is -3.09. The quantitative estimate of drug-likeness (QED) is 0.798. The Kier molecular flexibility index (Phi) is 5.77. The first-order valence-corrected chi connectivity index (χ1v) is 9.85. The van der Waals surface area contributed by atoms with E-state index in [0.717, 1.165) is 31.5 Å². The third kappa shape index (κ3) is 4.67. The van der Waals surface area contributed by atoms with Gasteiger partial charge in [0.15, 0.2) is 0 Å². The maximum absolute atomic E-state index is 13.2. The molecule has 0 aliphatic carbocycles. The first kappa shape index (κ1) is 20.6. The van der Waals surface area contributed by atoms with Crippen molar-refractivity contribution in [1.82, 2.24) is 9.55 Å². The summed E-state index contributed by atoms with van der Waals surface area (Å²) in [6, 6.07) is 9.41. The fourth-order valence-corrected chi connectivity index (χ4v) is 3.25. The standard InChI is InChI=1S/C23H27N5O/c1-23(2,3)12-9-19-20(17-7-5-16(15-24)6-8-17)26-22(27(4)21(19)29)28-13-10-18(25)11-14-28/h5-8,18H,10-11,13-14,25H2,1-4H3. The summed E-state index contributed by atoms with van der Waals surface area (Å²) in [5, 5.41) is 9.09. The molecule has 1 saturated heterocycles. The van der Waals surface area contributed by atoms with Crippen molar-refractivity contribution in [2.75, 3.05) is 18.0 Å². The highest BCUT2D eigenvalue weighted by Gasteiger charge is 2.23. The molecule has 6 nitrogen and oxygen atoms in total. The molecule has 0 saturated carbocycles. The van der Waals surface area contributed by atoms with Gasteiger partial charge < -0.3 is 10.6 Å². The van der Waals surface area contributed by atoms with Gasteiger partial charge in [-0.1, -0.05) is 24.0 Å². The van der Waals surface area contributed by atoms with E-state index >= 15 is 0 Å². The summed E-state index contributed by atoms with van der Waals surface area (Å²) in [5.74, 6) is 6.86. The molecular weight excluding hydrogens is 362 g/mol. The van der Waals surface area contributed by atoms with Crippen molar-refractivity contribution >= 4 is 5.95 Å². The molecule has 0 spiro atoms. The highest BCUT2D eigenvalue weighted by molar-refractivity contribution is 5.69. The zero-order valence-electron chi connectivity index (χ0n) is 17.5. The smallest absolute Gasteiger partial charge is 0.271 e. The Bertz CT molecular complexity index is 1050. The lowest BCUT2D eigenvalue weighted by Crippen LogP contribution is -2.42.